The third kappa shape index (κ3) is 2.41. The first-order chi connectivity index (χ1) is 7.78. The van der Waals surface area contributed by atoms with Crippen molar-refractivity contribution in [2.24, 2.45) is 0 Å². The van der Waals surface area contributed by atoms with Crippen molar-refractivity contribution in [2.45, 2.75) is 24.1 Å². The molecule has 0 aliphatic rings. The molecule has 0 heterocycles. The van der Waals surface area contributed by atoms with Crippen LogP contribution < -0.4 is 0 Å². The first-order valence-electron chi connectivity index (χ1n) is 3.94. The molecule has 0 aliphatic carbocycles. The number of ketones is 1. The number of halogens is 8. The van der Waals surface area contributed by atoms with Gasteiger partial charge in [-0.05, 0) is 0 Å². The van der Waals surface area contributed by atoms with E-state index in [0.717, 1.165) is 0 Å². The number of carbonyl (C=O) groups excluding carboxylic acids is 1. The van der Waals surface area contributed by atoms with Crippen LogP contribution in [0.25, 0.3) is 0 Å². The highest BCUT2D eigenvalue weighted by molar-refractivity contribution is 5.93. The smallest absolute Gasteiger partial charge is 0.319 e. The normalized spacial score (nSPS) is 14.8. The molecule has 0 saturated heterocycles. The van der Waals surface area contributed by atoms with Crippen molar-refractivity contribution in [3.8, 4) is 0 Å². The lowest BCUT2D eigenvalue weighted by molar-refractivity contribution is -0.353. The van der Waals surface area contributed by atoms with Crippen LogP contribution in [0.2, 0.25) is 0 Å². The molecule has 0 unspecified atom stereocenters. The Labute approximate surface area is 94.6 Å². The van der Waals surface area contributed by atoms with Gasteiger partial charge in [-0.25, -0.2) is 0 Å². The second-order valence-electron chi connectivity index (χ2n) is 2.92. The maximum absolute atomic E-state index is 12.7. The molecule has 0 radical (unpaired) electrons. The lowest BCUT2D eigenvalue weighted by Gasteiger charge is -2.29. The minimum absolute atomic E-state index is 0.0200. The summed E-state index contributed by atoms with van der Waals surface area (Å²) in [4.78, 5) is 10.5. The molecule has 0 aromatic rings. The number of hydrogen-bond donors (Lipinski definition) is 0. The molecule has 3 nitrogen and oxygen atoms in total. The van der Waals surface area contributed by atoms with E-state index in [9.17, 15) is 39.9 Å². The summed E-state index contributed by atoms with van der Waals surface area (Å²) >= 11 is 0. The second kappa shape index (κ2) is 4.61. The van der Waals surface area contributed by atoms with E-state index in [0.29, 0.717) is 0 Å². The lowest BCUT2D eigenvalue weighted by atomic mass is 10.1. The maximum atomic E-state index is 12.7. The van der Waals surface area contributed by atoms with E-state index in [4.69, 9.17) is 0 Å². The predicted octanol–water partition coefficient (Wildman–Crippen LogP) is 2.30. The van der Waals surface area contributed by atoms with E-state index in [-0.39, 0.29) is 14.2 Å². The minimum atomic E-state index is -6.16. The summed E-state index contributed by atoms with van der Waals surface area (Å²) in [6, 6.07) is 0. The van der Waals surface area contributed by atoms with Gasteiger partial charge in [0, 0.05) is 14.2 Å². The summed E-state index contributed by atoms with van der Waals surface area (Å²) in [5.41, 5.74) is 0. The quantitative estimate of drug-likeness (QED) is 0.704. The highest BCUT2D eigenvalue weighted by atomic mass is 19.3. The van der Waals surface area contributed by atoms with E-state index in [2.05, 4.69) is 9.47 Å². The van der Waals surface area contributed by atoms with E-state index in [1.807, 2.05) is 0 Å². The molecule has 0 bridgehead atoms. The summed E-state index contributed by atoms with van der Waals surface area (Å²) in [7, 11) is -0.0401. The van der Waals surface area contributed by atoms with Gasteiger partial charge in [-0.3, -0.25) is 4.79 Å². The Bertz CT molecular complexity index is 297. The van der Waals surface area contributed by atoms with Crippen LogP contribution in [-0.4, -0.2) is 44.1 Å². The highest BCUT2D eigenvalue weighted by Crippen LogP contribution is 2.44. The van der Waals surface area contributed by atoms with E-state index >= 15 is 0 Å². The SMILES string of the molecule is COC(F)(F)C(F)(F)C(=O)C(F)(F)C(F)(F)OC. The zero-order valence-corrected chi connectivity index (χ0v) is 8.75. The molecule has 0 aromatic carbocycles. The van der Waals surface area contributed by atoms with Gasteiger partial charge in [-0.15, -0.1) is 0 Å². The van der Waals surface area contributed by atoms with Crippen molar-refractivity contribution in [3.05, 3.63) is 0 Å². The first-order valence-corrected chi connectivity index (χ1v) is 3.94. The molecule has 0 aromatic heterocycles. The fraction of sp³-hybridized carbons (Fsp3) is 0.857. The number of alkyl halides is 8. The Kier molecular flexibility index (Phi) is 4.36. The number of rotatable bonds is 6. The van der Waals surface area contributed by atoms with Crippen molar-refractivity contribution in [2.75, 3.05) is 14.2 Å². The molecule has 0 atom stereocenters. The van der Waals surface area contributed by atoms with Gasteiger partial charge in [0.05, 0.1) is 0 Å². The Morgan fingerprint density at radius 1 is 0.722 bits per heavy atom. The van der Waals surface area contributed by atoms with E-state index in [1.165, 1.54) is 0 Å². The summed E-state index contributed by atoms with van der Waals surface area (Å²) in [5.74, 6) is -16.3. The van der Waals surface area contributed by atoms with E-state index in [1.54, 1.807) is 0 Å². The number of hydrogen-bond acceptors (Lipinski definition) is 3. The van der Waals surface area contributed by atoms with Crippen molar-refractivity contribution in [1.82, 2.24) is 0 Å². The van der Waals surface area contributed by atoms with Gasteiger partial charge >= 0.3 is 24.1 Å². The minimum Gasteiger partial charge on any atom is -0.319 e. The Morgan fingerprint density at radius 3 is 1.11 bits per heavy atom. The highest BCUT2D eigenvalue weighted by Gasteiger charge is 2.76. The monoisotopic (exact) mass is 290 g/mol. The summed E-state index contributed by atoms with van der Waals surface area (Å²) in [6.45, 7) is 0. The molecule has 0 amide bonds. The molecule has 0 aliphatic heterocycles. The molecule has 18 heavy (non-hydrogen) atoms. The van der Waals surface area contributed by atoms with Crippen LogP contribution in [-0.2, 0) is 14.3 Å². The van der Waals surface area contributed by atoms with Gasteiger partial charge < -0.3 is 9.47 Å². The second-order valence-corrected chi connectivity index (χ2v) is 2.92. The van der Waals surface area contributed by atoms with Gasteiger partial charge in [0.15, 0.2) is 0 Å². The van der Waals surface area contributed by atoms with Gasteiger partial charge in [0.25, 0.3) is 5.78 Å². The third-order valence-corrected chi connectivity index (χ3v) is 1.81. The Hall–Kier alpha value is -0.970. The Morgan fingerprint density at radius 2 is 0.944 bits per heavy atom. The summed E-state index contributed by atoms with van der Waals surface area (Å²) < 4.78 is 106. The van der Waals surface area contributed by atoms with E-state index < -0.39 is 29.8 Å². The molecule has 0 spiro atoms. The molecule has 0 saturated carbocycles. The fourth-order valence-corrected chi connectivity index (χ4v) is 0.718. The van der Waals surface area contributed by atoms with Crippen molar-refractivity contribution in [3.63, 3.8) is 0 Å². The average Bonchev–Trinajstić information content (AvgIpc) is 2.27. The van der Waals surface area contributed by atoms with Gasteiger partial charge in [0.1, 0.15) is 0 Å². The molecule has 0 fully saturated rings. The lowest BCUT2D eigenvalue weighted by Crippen LogP contribution is -2.60. The van der Waals surface area contributed by atoms with Gasteiger partial charge in [0.2, 0.25) is 0 Å². The Balaban J connectivity index is 5.54. The van der Waals surface area contributed by atoms with Crippen LogP contribution in [0.15, 0.2) is 0 Å². The van der Waals surface area contributed by atoms with Gasteiger partial charge in [-0.1, -0.05) is 0 Å². The standard InChI is InChI=1S/C7H6F8O3/c1-17-6(12,13)4(8,9)3(16)5(10,11)7(14,15)18-2/h1-2H3. The van der Waals surface area contributed by atoms with Crippen LogP contribution in [0, 0.1) is 0 Å². The average molecular weight is 290 g/mol. The topological polar surface area (TPSA) is 35.5 Å². The van der Waals surface area contributed by atoms with Crippen LogP contribution in [0.3, 0.4) is 0 Å². The zero-order valence-electron chi connectivity index (χ0n) is 8.75. The molecule has 108 valence electrons. The summed E-state index contributed by atoms with van der Waals surface area (Å²) in [6.07, 6.45) is -11.3. The number of ether oxygens (including phenoxy) is 2. The third-order valence-electron chi connectivity index (χ3n) is 1.81. The predicted molar refractivity (Wildman–Crippen MR) is 38.8 cm³/mol. The molecule has 11 heteroatoms. The number of methoxy groups -OCH3 is 2. The first kappa shape index (κ1) is 17.0. The maximum Gasteiger partial charge on any atom is 0.427 e. The van der Waals surface area contributed by atoms with Crippen molar-refractivity contribution < 1.29 is 49.4 Å². The molecular formula is C7H6F8O3. The van der Waals surface area contributed by atoms with Gasteiger partial charge in [-0.2, -0.15) is 35.1 Å². The number of Topliss-reactive ketones (excluding diaryl/α,β-unsaturated/α-hetero) is 1. The van der Waals surface area contributed by atoms with Crippen LogP contribution in [0.1, 0.15) is 0 Å². The summed E-state index contributed by atoms with van der Waals surface area (Å²) in [5, 5.41) is 0. The fourth-order valence-electron chi connectivity index (χ4n) is 0.718. The molecule has 0 rings (SSSR count). The number of carbonyl (C=O) groups is 1. The van der Waals surface area contributed by atoms with Crippen LogP contribution in [0.4, 0.5) is 35.1 Å². The van der Waals surface area contributed by atoms with Crippen molar-refractivity contribution >= 4 is 5.78 Å². The van der Waals surface area contributed by atoms with Crippen molar-refractivity contribution in [1.29, 1.82) is 0 Å². The van der Waals surface area contributed by atoms with Crippen LogP contribution in [0.5, 0.6) is 0 Å². The van der Waals surface area contributed by atoms with Crippen LogP contribution >= 0.6 is 0 Å². The molecule has 0 N–H and O–H groups in total. The zero-order chi connectivity index (χ0) is 15.0. The molecular weight excluding hydrogens is 284 g/mol. The largest absolute Gasteiger partial charge is 0.427 e.